The Kier molecular flexibility index (Phi) is 5.56. The molecule has 0 saturated heterocycles. The lowest BCUT2D eigenvalue weighted by atomic mass is 9.94. The number of rotatable bonds is 6. The van der Waals surface area contributed by atoms with E-state index in [4.69, 9.17) is 19.2 Å². The molecule has 0 unspecified atom stereocenters. The predicted octanol–water partition coefficient (Wildman–Crippen LogP) is 2.58. The summed E-state index contributed by atoms with van der Waals surface area (Å²) in [5, 5.41) is 9.54. The number of aliphatic hydroxyl groups is 1. The lowest BCUT2D eigenvalue weighted by molar-refractivity contribution is -0.179. The van der Waals surface area contributed by atoms with Gasteiger partial charge in [0.1, 0.15) is 5.56 Å². The van der Waals surface area contributed by atoms with Crippen molar-refractivity contribution in [2.24, 2.45) is 0 Å². The van der Waals surface area contributed by atoms with Crippen molar-refractivity contribution in [1.29, 1.82) is 0 Å². The molecular formula is C17H18O6. The van der Waals surface area contributed by atoms with Gasteiger partial charge in [0.15, 0.2) is 5.75 Å². The van der Waals surface area contributed by atoms with Gasteiger partial charge in [-0.3, -0.25) is 0 Å². The van der Waals surface area contributed by atoms with E-state index in [1.54, 1.807) is 24.3 Å². The van der Waals surface area contributed by atoms with Crippen molar-refractivity contribution in [3.05, 3.63) is 47.5 Å². The van der Waals surface area contributed by atoms with Crippen molar-refractivity contribution in [1.82, 2.24) is 0 Å². The Morgan fingerprint density at radius 1 is 1.04 bits per heavy atom. The number of esters is 1. The SMILES string of the molecule is COOc1c(OC)ccc(-c2ccccc2CO)c1C(=O)OC. The van der Waals surface area contributed by atoms with Crippen LogP contribution in [0.5, 0.6) is 11.5 Å². The predicted molar refractivity (Wildman–Crippen MR) is 83.3 cm³/mol. The molecule has 23 heavy (non-hydrogen) atoms. The molecule has 0 radical (unpaired) electrons. The maximum atomic E-state index is 12.3. The highest BCUT2D eigenvalue weighted by Gasteiger charge is 2.25. The van der Waals surface area contributed by atoms with E-state index in [0.29, 0.717) is 22.4 Å². The normalized spacial score (nSPS) is 10.3. The zero-order valence-corrected chi connectivity index (χ0v) is 13.2. The molecule has 0 aromatic heterocycles. The fourth-order valence-corrected chi connectivity index (χ4v) is 2.34. The summed E-state index contributed by atoms with van der Waals surface area (Å²) < 4.78 is 10.1. The van der Waals surface area contributed by atoms with Gasteiger partial charge in [0.2, 0.25) is 5.75 Å². The third-order valence-electron chi connectivity index (χ3n) is 3.38. The van der Waals surface area contributed by atoms with E-state index in [-0.39, 0.29) is 17.9 Å². The van der Waals surface area contributed by atoms with Gasteiger partial charge < -0.3 is 19.5 Å². The second kappa shape index (κ2) is 7.62. The molecule has 1 N–H and O–H groups in total. The molecule has 6 heteroatoms. The number of hydrogen-bond acceptors (Lipinski definition) is 6. The molecule has 0 aliphatic rings. The van der Waals surface area contributed by atoms with Crippen molar-refractivity contribution in [2.45, 2.75) is 6.61 Å². The summed E-state index contributed by atoms with van der Waals surface area (Å²) in [4.78, 5) is 22.1. The Hall–Kier alpha value is -2.57. The van der Waals surface area contributed by atoms with E-state index in [0.717, 1.165) is 0 Å². The van der Waals surface area contributed by atoms with E-state index < -0.39 is 5.97 Å². The number of methoxy groups -OCH3 is 2. The van der Waals surface area contributed by atoms with Gasteiger partial charge in [0.05, 0.1) is 27.9 Å². The maximum Gasteiger partial charge on any atom is 0.342 e. The molecule has 0 spiro atoms. The second-order valence-electron chi connectivity index (χ2n) is 4.58. The molecule has 0 fully saturated rings. The molecule has 2 aromatic rings. The third kappa shape index (κ3) is 3.28. The molecule has 6 nitrogen and oxygen atoms in total. The first-order chi connectivity index (χ1) is 11.2. The summed E-state index contributed by atoms with van der Waals surface area (Å²) in [6.07, 6.45) is 0. The summed E-state index contributed by atoms with van der Waals surface area (Å²) in [5.74, 6) is -0.150. The molecule has 2 rings (SSSR count). The van der Waals surface area contributed by atoms with E-state index in [1.165, 1.54) is 21.3 Å². The highest BCUT2D eigenvalue weighted by molar-refractivity contribution is 6.01. The quantitative estimate of drug-likeness (QED) is 0.501. The molecule has 0 aliphatic heterocycles. The minimum Gasteiger partial charge on any atom is -0.493 e. The van der Waals surface area contributed by atoms with Crippen LogP contribution >= 0.6 is 0 Å². The van der Waals surface area contributed by atoms with Crippen LogP contribution in [-0.4, -0.2) is 32.4 Å². The first-order valence-electron chi connectivity index (χ1n) is 6.87. The average Bonchev–Trinajstić information content (AvgIpc) is 2.60. The van der Waals surface area contributed by atoms with Crippen LogP contribution in [0.4, 0.5) is 0 Å². The first kappa shape index (κ1) is 16.8. The number of carbonyl (C=O) groups is 1. The van der Waals surface area contributed by atoms with Crippen LogP contribution in [0.1, 0.15) is 15.9 Å². The molecule has 0 amide bonds. The number of ether oxygens (including phenoxy) is 2. The minimum absolute atomic E-state index is 0.118. The fourth-order valence-electron chi connectivity index (χ4n) is 2.34. The zero-order valence-electron chi connectivity index (χ0n) is 13.2. The number of carbonyl (C=O) groups excluding carboxylic acids is 1. The van der Waals surface area contributed by atoms with E-state index >= 15 is 0 Å². The topological polar surface area (TPSA) is 74.2 Å². The number of benzene rings is 2. The van der Waals surface area contributed by atoms with E-state index in [1.807, 2.05) is 12.1 Å². The average molecular weight is 318 g/mol. The second-order valence-corrected chi connectivity index (χ2v) is 4.58. The lowest BCUT2D eigenvalue weighted by Crippen LogP contribution is -2.09. The largest absolute Gasteiger partial charge is 0.493 e. The summed E-state index contributed by atoms with van der Waals surface area (Å²) in [6.45, 7) is -0.163. The number of aliphatic hydroxyl groups excluding tert-OH is 1. The van der Waals surface area contributed by atoms with Crippen molar-refractivity contribution < 1.29 is 29.1 Å². The monoisotopic (exact) mass is 318 g/mol. The number of hydrogen-bond donors (Lipinski definition) is 1. The Balaban J connectivity index is 2.77. The Morgan fingerprint density at radius 2 is 1.78 bits per heavy atom. The van der Waals surface area contributed by atoms with Gasteiger partial charge in [-0.05, 0) is 23.3 Å². The van der Waals surface area contributed by atoms with E-state index in [9.17, 15) is 9.90 Å². The molecule has 2 aromatic carbocycles. The Bertz CT molecular complexity index is 695. The standard InChI is InChI=1S/C17H18O6/c1-20-14-9-8-13(12-7-5-4-6-11(12)10-18)15(17(19)21-2)16(14)23-22-3/h4-9,18H,10H2,1-3H3. The van der Waals surface area contributed by atoms with Crippen LogP contribution in [-0.2, 0) is 16.2 Å². The van der Waals surface area contributed by atoms with Crippen molar-refractivity contribution >= 4 is 5.97 Å². The molecule has 0 heterocycles. The highest BCUT2D eigenvalue weighted by Crippen LogP contribution is 2.39. The van der Waals surface area contributed by atoms with Gasteiger partial charge in [-0.2, -0.15) is 4.89 Å². The zero-order chi connectivity index (χ0) is 16.8. The van der Waals surface area contributed by atoms with Gasteiger partial charge >= 0.3 is 5.97 Å². The fraction of sp³-hybridized carbons (Fsp3) is 0.235. The first-order valence-corrected chi connectivity index (χ1v) is 6.87. The Labute approximate surface area is 134 Å². The van der Waals surface area contributed by atoms with Crippen molar-refractivity contribution in [2.75, 3.05) is 21.3 Å². The van der Waals surface area contributed by atoms with Gasteiger partial charge in [0.25, 0.3) is 0 Å². The van der Waals surface area contributed by atoms with Gasteiger partial charge in [0, 0.05) is 5.56 Å². The van der Waals surface area contributed by atoms with Crippen LogP contribution in [0.2, 0.25) is 0 Å². The molecule has 0 bridgehead atoms. The summed E-state index contributed by atoms with van der Waals surface area (Å²) in [5.41, 5.74) is 2.08. The third-order valence-corrected chi connectivity index (χ3v) is 3.38. The lowest BCUT2D eigenvalue weighted by Gasteiger charge is -2.16. The van der Waals surface area contributed by atoms with Crippen LogP contribution in [0.15, 0.2) is 36.4 Å². The maximum absolute atomic E-state index is 12.3. The van der Waals surface area contributed by atoms with Crippen LogP contribution < -0.4 is 9.62 Å². The van der Waals surface area contributed by atoms with Gasteiger partial charge in [-0.1, -0.05) is 24.3 Å². The van der Waals surface area contributed by atoms with Crippen molar-refractivity contribution in [3.63, 3.8) is 0 Å². The highest BCUT2D eigenvalue weighted by atomic mass is 17.2. The van der Waals surface area contributed by atoms with Gasteiger partial charge in [-0.15, -0.1) is 0 Å². The van der Waals surface area contributed by atoms with Crippen LogP contribution in [0, 0.1) is 0 Å². The Morgan fingerprint density at radius 3 is 2.39 bits per heavy atom. The molecule has 0 saturated carbocycles. The summed E-state index contributed by atoms with van der Waals surface area (Å²) in [6, 6.07) is 10.6. The van der Waals surface area contributed by atoms with E-state index in [2.05, 4.69) is 0 Å². The summed E-state index contributed by atoms with van der Waals surface area (Å²) in [7, 11) is 4.06. The smallest absolute Gasteiger partial charge is 0.342 e. The van der Waals surface area contributed by atoms with Crippen LogP contribution in [0.3, 0.4) is 0 Å². The molecule has 0 atom stereocenters. The molecule has 122 valence electrons. The van der Waals surface area contributed by atoms with Crippen LogP contribution in [0.25, 0.3) is 11.1 Å². The van der Waals surface area contributed by atoms with Crippen molar-refractivity contribution in [3.8, 4) is 22.6 Å². The minimum atomic E-state index is -0.598. The molecule has 0 aliphatic carbocycles. The molecular weight excluding hydrogens is 300 g/mol. The van der Waals surface area contributed by atoms with Gasteiger partial charge in [-0.25, -0.2) is 4.79 Å². The summed E-state index contributed by atoms with van der Waals surface area (Å²) >= 11 is 0.